The summed E-state index contributed by atoms with van der Waals surface area (Å²) in [5.74, 6) is 1.98. The van der Waals surface area contributed by atoms with Gasteiger partial charge in [-0.1, -0.05) is 30.3 Å². The maximum absolute atomic E-state index is 4.49. The Morgan fingerprint density at radius 2 is 1.70 bits per heavy atom. The molecule has 1 aliphatic rings. The average Bonchev–Trinajstić information content (AvgIpc) is 2.81. The molecule has 30 heavy (non-hydrogen) atoms. The summed E-state index contributed by atoms with van der Waals surface area (Å²) in [5, 5.41) is 3.51. The van der Waals surface area contributed by atoms with E-state index in [1.165, 1.54) is 5.56 Å². The van der Waals surface area contributed by atoms with E-state index >= 15 is 0 Å². The van der Waals surface area contributed by atoms with Crippen molar-refractivity contribution in [3.8, 4) is 11.3 Å². The van der Waals surface area contributed by atoms with Crippen LogP contribution in [0.5, 0.6) is 0 Å². The predicted molar refractivity (Wildman–Crippen MR) is 133 cm³/mol. The first kappa shape index (κ1) is 22.0. The maximum Gasteiger partial charge on any atom is 0.194 e. The van der Waals surface area contributed by atoms with Crippen LogP contribution in [0.3, 0.4) is 0 Å². The summed E-state index contributed by atoms with van der Waals surface area (Å²) in [6, 6.07) is 20.5. The molecule has 1 N–H and O–H groups in total. The maximum atomic E-state index is 4.49. The van der Waals surface area contributed by atoms with E-state index in [1.807, 2.05) is 49.8 Å². The quantitative estimate of drug-likeness (QED) is 0.327. The van der Waals surface area contributed by atoms with Gasteiger partial charge in [0.1, 0.15) is 5.82 Å². The number of aromatic nitrogens is 2. The number of piperazine rings is 1. The van der Waals surface area contributed by atoms with Crippen LogP contribution < -0.4 is 10.2 Å². The van der Waals surface area contributed by atoms with Crippen LogP contribution in [0.1, 0.15) is 5.56 Å². The fourth-order valence-electron chi connectivity index (χ4n) is 3.58. The Labute approximate surface area is 195 Å². The van der Waals surface area contributed by atoms with Crippen molar-refractivity contribution in [2.24, 2.45) is 4.99 Å². The van der Waals surface area contributed by atoms with Crippen LogP contribution in [0.25, 0.3) is 11.3 Å². The molecule has 1 aliphatic heterocycles. The molecule has 0 atom stereocenters. The van der Waals surface area contributed by atoms with Crippen LogP contribution in [-0.2, 0) is 6.54 Å². The topological polar surface area (TPSA) is 56.7 Å². The van der Waals surface area contributed by atoms with Crippen LogP contribution in [-0.4, -0.2) is 54.1 Å². The molecule has 0 saturated carbocycles. The summed E-state index contributed by atoms with van der Waals surface area (Å²) in [5.41, 5.74) is 3.33. The molecule has 0 spiro atoms. The molecule has 2 aromatic heterocycles. The minimum Gasteiger partial charge on any atom is -0.353 e. The first-order chi connectivity index (χ1) is 14.3. The molecule has 3 heterocycles. The number of nitrogens with one attached hydrogen (secondary N) is 1. The number of rotatable bonds is 4. The van der Waals surface area contributed by atoms with Gasteiger partial charge >= 0.3 is 0 Å². The number of benzene rings is 1. The molecule has 1 aromatic carbocycles. The van der Waals surface area contributed by atoms with E-state index in [9.17, 15) is 0 Å². The van der Waals surface area contributed by atoms with E-state index in [4.69, 9.17) is 0 Å². The SMILES string of the molecule is CN=C(NCc1cccc(-c2ccccn2)c1)N1CCN(c2ccccn2)CC1.I. The zero-order valence-electron chi connectivity index (χ0n) is 17.1. The highest BCUT2D eigenvalue weighted by atomic mass is 127. The van der Waals surface area contributed by atoms with Crippen molar-refractivity contribution >= 4 is 35.8 Å². The van der Waals surface area contributed by atoms with Crippen LogP contribution in [0.2, 0.25) is 0 Å². The fourth-order valence-corrected chi connectivity index (χ4v) is 3.58. The largest absolute Gasteiger partial charge is 0.353 e. The van der Waals surface area contributed by atoms with Gasteiger partial charge in [0.25, 0.3) is 0 Å². The Kier molecular flexibility index (Phi) is 8.01. The molecule has 156 valence electrons. The van der Waals surface area contributed by atoms with E-state index < -0.39 is 0 Å². The molecule has 0 amide bonds. The van der Waals surface area contributed by atoms with Gasteiger partial charge in [-0.3, -0.25) is 9.98 Å². The van der Waals surface area contributed by atoms with Crippen molar-refractivity contribution in [2.45, 2.75) is 6.54 Å². The second kappa shape index (κ2) is 10.9. The fraction of sp³-hybridized carbons (Fsp3) is 0.261. The van der Waals surface area contributed by atoms with Gasteiger partial charge in [0, 0.05) is 57.7 Å². The lowest BCUT2D eigenvalue weighted by atomic mass is 10.1. The van der Waals surface area contributed by atoms with Crippen molar-refractivity contribution in [3.63, 3.8) is 0 Å². The van der Waals surface area contributed by atoms with Crippen molar-refractivity contribution in [1.29, 1.82) is 0 Å². The summed E-state index contributed by atoms with van der Waals surface area (Å²) < 4.78 is 0. The highest BCUT2D eigenvalue weighted by Crippen LogP contribution is 2.18. The van der Waals surface area contributed by atoms with Gasteiger partial charge in [-0.2, -0.15) is 0 Å². The minimum atomic E-state index is 0. The first-order valence-corrected chi connectivity index (χ1v) is 9.95. The Bertz CT molecular complexity index is 940. The number of anilines is 1. The van der Waals surface area contributed by atoms with E-state index in [0.717, 1.165) is 55.8 Å². The standard InChI is InChI=1S/C23H26N6.HI/c1-24-23(29-15-13-28(14-16-29)22-10-3-5-12-26-22)27-18-19-7-6-8-20(17-19)21-9-2-4-11-25-21;/h2-12,17H,13-16,18H2,1H3,(H,24,27);1H. The van der Waals surface area contributed by atoms with E-state index in [1.54, 1.807) is 0 Å². The predicted octanol–water partition coefficient (Wildman–Crippen LogP) is 3.66. The second-order valence-corrected chi connectivity index (χ2v) is 6.98. The normalized spacial score (nSPS) is 14.2. The molecule has 1 fully saturated rings. The lowest BCUT2D eigenvalue weighted by Gasteiger charge is -2.37. The molecule has 1 saturated heterocycles. The van der Waals surface area contributed by atoms with Crippen LogP contribution in [0.4, 0.5) is 5.82 Å². The molecular weight excluding hydrogens is 487 g/mol. The Morgan fingerprint density at radius 1 is 0.933 bits per heavy atom. The molecule has 7 heteroatoms. The average molecular weight is 514 g/mol. The molecule has 3 aromatic rings. The number of halogens is 1. The molecule has 0 radical (unpaired) electrons. The summed E-state index contributed by atoms with van der Waals surface area (Å²) in [4.78, 5) is 18.0. The van der Waals surface area contributed by atoms with Gasteiger partial charge in [-0.15, -0.1) is 24.0 Å². The van der Waals surface area contributed by atoms with Crippen molar-refractivity contribution in [3.05, 3.63) is 78.6 Å². The first-order valence-electron chi connectivity index (χ1n) is 9.95. The molecule has 0 bridgehead atoms. The Hall–Kier alpha value is -2.68. The van der Waals surface area contributed by atoms with Crippen LogP contribution in [0, 0.1) is 0 Å². The van der Waals surface area contributed by atoms with Gasteiger partial charge in [0.15, 0.2) is 5.96 Å². The molecule has 0 unspecified atom stereocenters. The Morgan fingerprint density at radius 3 is 2.37 bits per heavy atom. The molecule has 4 rings (SSSR count). The zero-order chi connectivity index (χ0) is 19.9. The van der Waals surface area contributed by atoms with Crippen molar-refractivity contribution in [2.75, 3.05) is 38.1 Å². The van der Waals surface area contributed by atoms with Crippen LogP contribution >= 0.6 is 24.0 Å². The number of nitrogens with zero attached hydrogens (tertiary/aromatic N) is 5. The third kappa shape index (κ3) is 5.47. The minimum absolute atomic E-state index is 0. The monoisotopic (exact) mass is 514 g/mol. The van der Waals surface area contributed by atoms with Gasteiger partial charge < -0.3 is 15.1 Å². The van der Waals surface area contributed by atoms with E-state index in [2.05, 4.69) is 60.4 Å². The highest BCUT2D eigenvalue weighted by Gasteiger charge is 2.20. The number of pyridine rings is 2. The van der Waals surface area contributed by atoms with Gasteiger partial charge in [-0.25, -0.2) is 4.98 Å². The third-order valence-electron chi connectivity index (χ3n) is 5.10. The summed E-state index contributed by atoms with van der Waals surface area (Å²) in [7, 11) is 1.85. The summed E-state index contributed by atoms with van der Waals surface area (Å²) in [6.07, 6.45) is 3.67. The molecular formula is C23H27IN6. The number of aliphatic imine (C=N–C) groups is 1. The second-order valence-electron chi connectivity index (χ2n) is 6.98. The number of hydrogen-bond acceptors (Lipinski definition) is 4. The highest BCUT2D eigenvalue weighted by molar-refractivity contribution is 14.0. The lowest BCUT2D eigenvalue weighted by Crippen LogP contribution is -2.52. The van der Waals surface area contributed by atoms with E-state index in [-0.39, 0.29) is 24.0 Å². The lowest BCUT2D eigenvalue weighted by molar-refractivity contribution is 0.371. The molecule has 0 aliphatic carbocycles. The van der Waals surface area contributed by atoms with Crippen LogP contribution in [0.15, 0.2) is 78.0 Å². The van der Waals surface area contributed by atoms with Crippen molar-refractivity contribution < 1.29 is 0 Å². The zero-order valence-corrected chi connectivity index (χ0v) is 19.4. The Balaban J connectivity index is 0.00000256. The molecule has 6 nitrogen and oxygen atoms in total. The number of guanidine groups is 1. The number of hydrogen-bond donors (Lipinski definition) is 1. The van der Waals surface area contributed by atoms with Crippen molar-refractivity contribution in [1.82, 2.24) is 20.2 Å². The van der Waals surface area contributed by atoms with E-state index in [0.29, 0.717) is 0 Å². The van der Waals surface area contributed by atoms with Gasteiger partial charge in [-0.05, 0) is 35.9 Å². The van der Waals surface area contributed by atoms with Gasteiger partial charge in [0.05, 0.1) is 5.69 Å². The third-order valence-corrected chi connectivity index (χ3v) is 5.10. The smallest absolute Gasteiger partial charge is 0.194 e. The summed E-state index contributed by atoms with van der Waals surface area (Å²) >= 11 is 0. The van der Waals surface area contributed by atoms with Gasteiger partial charge in [0.2, 0.25) is 0 Å². The summed E-state index contributed by atoms with van der Waals surface area (Å²) in [6.45, 7) is 4.45.